The second-order valence-electron chi connectivity index (χ2n) is 3.56. The molecule has 0 aliphatic rings. The number of unbranched alkanes of at least 4 members (excludes halogenated alkanes) is 2. The van der Waals surface area contributed by atoms with Gasteiger partial charge in [-0.2, -0.15) is 0 Å². The van der Waals surface area contributed by atoms with E-state index in [1.807, 2.05) is 0 Å². The molecule has 0 radical (unpaired) electrons. The molecule has 0 aromatic rings. The van der Waals surface area contributed by atoms with Crippen LogP contribution in [-0.4, -0.2) is 25.7 Å². The Morgan fingerprint density at radius 3 is 2.47 bits per heavy atom. The van der Waals surface area contributed by atoms with Crippen molar-refractivity contribution >= 4 is 11.9 Å². The Bertz CT molecular complexity index is 201. The van der Waals surface area contributed by atoms with Gasteiger partial charge in [-0.1, -0.05) is 26.7 Å². The lowest BCUT2D eigenvalue weighted by atomic mass is 10.1. The summed E-state index contributed by atoms with van der Waals surface area (Å²) >= 11 is 0. The predicted molar refractivity (Wildman–Crippen MR) is 56.3 cm³/mol. The number of hydrogen-bond acceptors (Lipinski definition) is 4. The van der Waals surface area contributed by atoms with Crippen LogP contribution in [-0.2, 0) is 19.1 Å². The van der Waals surface area contributed by atoms with Crippen molar-refractivity contribution < 1.29 is 19.1 Å². The van der Waals surface area contributed by atoms with Crippen LogP contribution in [0.2, 0.25) is 0 Å². The molecule has 0 fully saturated rings. The van der Waals surface area contributed by atoms with Crippen LogP contribution in [0.3, 0.4) is 0 Å². The van der Waals surface area contributed by atoms with Gasteiger partial charge in [-0.3, -0.25) is 9.59 Å². The third kappa shape index (κ3) is 6.94. The van der Waals surface area contributed by atoms with Crippen molar-refractivity contribution in [2.24, 2.45) is 5.92 Å². The second-order valence-corrected chi connectivity index (χ2v) is 3.56. The van der Waals surface area contributed by atoms with Crippen LogP contribution in [0.25, 0.3) is 0 Å². The molecule has 0 bridgehead atoms. The van der Waals surface area contributed by atoms with Crippen LogP contribution >= 0.6 is 0 Å². The summed E-state index contributed by atoms with van der Waals surface area (Å²) in [5.74, 6) is -1.13. The fraction of sp³-hybridized carbons (Fsp3) is 0.818. The van der Waals surface area contributed by atoms with Crippen molar-refractivity contribution in [1.29, 1.82) is 0 Å². The van der Waals surface area contributed by atoms with E-state index in [2.05, 4.69) is 11.7 Å². The normalized spacial score (nSPS) is 11.9. The standard InChI is InChI=1S/C11H20O4/c1-4-5-6-7-15-10(12)8-9(2)11(13)14-3/h9H,4-8H2,1-3H3. The molecule has 0 N–H and O–H groups in total. The highest BCUT2D eigenvalue weighted by Gasteiger charge is 2.17. The number of methoxy groups -OCH3 is 1. The SMILES string of the molecule is CCCCCOC(=O)CC(C)C(=O)OC. The fourth-order valence-electron chi connectivity index (χ4n) is 1.13. The van der Waals surface area contributed by atoms with E-state index in [1.165, 1.54) is 7.11 Å². The van der Waals surface area contributed by atoms with Crippen LogP contribution in [0.5, 0.6) is 0 Å². The van der Waals surface area contributed by atoms with Gasteiger partial charge in [0.1, 0.15) is 0 Å². The van der Waals surface area contributed by atoms with E-state index in [9.17, 15) is 9.59 Å². The average molecular weight is 216 g/mol. The van der Waals surface area contributed by atoms with Gasteiger partial charge in [-0.25, -0.2) is 0 Å². The molecular formula is C11H20O4. The summed E-state index contributed by atoms with van der Waals surface area (Å²) in [5, 5.41) is 0. The number of rotatable bonds is 7. The van der Waals surface area contributed by atoms with E-state index in [0.29, 0.717) is 6.61 Å². The molecule has 0 saturated heterocycles. The predicted octanol–water partition coefficient (Wildman–Crippen LogP) is 1.92. The molecule has 0 saturated carbocycles. The van der Waals surface area contributed by atoms with E-state index < -0.39 is 5.92 Å². The van der Waals surface area contributed by atoms with E-state index in [4.69, 9.17) is 4.74 Å². The summed E-state index contributed by atoms with van der Waals surface area (Å²) in [6.07, 6.45) is 3.13. The molecule has 4 nitrogen and oxygen atoms in total. The molecule has 0 amide bonds. The quantitative estimate of drug-likeness (QED) is 0.482. The van der Waals surface area contributed by atoms with Gasteiger partial charge in [0, 0.05) is 0 Å². The summed E-state index contributed by atoms with van der Waals surface area (Å²) in [5.41, 5.74) is 0. The first-order chi connectivity index (χ1) is 7.11. The Kier molecular flexibility index (Phi) is 7.68. The van der Waals surface area contributed by atoms with Gasteiger partial charge in [0.05, 0.1) is 26.1 Å². The maximum Gasteiger partial charge on any atom is 0.308 e. The van der Waals surface area contributed by atoms with Gasteiger partial charge in [0.2, 0.25) is 0 Å². The van der Waals surface area contributed by atoms with E-state index in [-0.39, 0.29) is 18.4 Å². The maximum absolute atomic E-state index is 11.2. The van der Waals surface area contributed by atoms with Crippen molar-refractivity contribution in [2.75, 3.05) is 13.7 Å². The van der Waals surface area contributed by atoms with E-state index in [1.54, 1.807) is 6.92 Å². The molecule has 15 heavy (non-hydrogen) atoms. The lowest BCUT2D eigenvalue weighted by Crippen LogP contribution is -2.18. The largest absolute Gasteiger partial charge is 0.469 e. The highest BCUT2D eigenvalue weighted by molar-refractivity contribution is 5.79. The van der Waals surface area contributed by atoms with Crippen molar-refractivity contribution in [3.05, 3.63) is 0 Å². The molecular weight excluding hydrogens is 196 g/mol. The summed E-state index contributed by atoms with van der Waals surface area (Å²) in [6.45, 7) is 4.18. The van der Waals surface area contributed by atoms with Gasteiger partial charge in [-0.15, -0.1) is 0 Å². The van der Waals surface area contributed by atoms with Crippen molar-refractivity contribution in [2.45, 2.75) is 39.5 Å². The Labute approximate surface area is 90.9 Å². The Morgan fingerprint density at radius 1 is 1.27 bits per heavy atom. The van der Waals surface area contributed by atoms with Gasteiger partial charge < -0.3 is 9.47 Å². The average Bonchev–Trinajstić information content (AvgIpc) is 2.23. The van der Waals surface area contributed by atoms with Crippen molar-refractivity contribution in [3.8, 4) is 0 Å². The third-order valence-corrected chi connectivity index (χ3v) is 2.09. The second kappa shape index (κ2) is 8.26. The first kappa shape index (κ1) is 13.9. The molecule has 0 aromatic heterocycles. The number of carbonyl (C=O) groups excluding carboxylic acids is 2. The first-order valence-corrected chi connectivity index (χ1v) is 5.35. The maximum atomic E-state index is 11.2. The Hall–Kier alpha value is -1.06. The molecule has 0 spiro atoms. The molecule has 1 unspecified atom stereocenters. The molecule has 0 aromatic carbocycles. The Balaban J connectivity index is 3.60. The van der Waals surface area contributed by atoms with E-state index in [0.717, 1.165) is 19.3 Å². The van der Waals surface area contributed by atoms with Crippen LogP contribution < -0.4 is 0 Å². The highest BCUT2D eigenvalue weighted by Crippen LogP contribution is 2.06. The number of ether oxygens (including phenoxy) is 2. The monoisotopic (exact) mass is 216 g/mol. The lowest BCUT2D eigenvalue weighted by molar-refractivity contribution is -0.152. The topological polar surface area (TPSA) is 52.6 Å². The first-order valence-electron chi connectivity index (χ1n) is 5.35. The van der Waals surface area contributed by atoms with E-state index >= 15 is 0 Å². The summed E-state index contributed by atoms with van der Waals surface area (Å²) < 4.78 is 9.47. The molecule has 4 heteroatoms. The zero-order valence-corrected chi connectivity index (χ0v) is 9.75. The van der Waals surface area contributed by atoms with Gasteiger partial charge in [0.15, 0.2) is 0 Å². The van der Waals surface area contributed by atoms with Crippen molar-refractivity contribution in [1.82, 2.24) is 0 Å². The molecule has 1 atom stereocenters. The zero-order valence-electron chi connectivity index (χ0n) is 9.75. The summed E-state index contributed by atoms with van der Waals surface area (Å²) in [4.78, 5) is 22.2. The summed E-state index contributed by atoms with van der Waals surface area (Å²) in [6, 6.07) is 0. The van der Waals surface area contributed by atoms with Gasteiger partial charge in [0.25, 0.3) is 0 Å². The zero-order chi connectivity index (χ0) is 11.7. The van der Waals surface area contributed by atoms with Crippen LogP contribution in [0, 0.1) is 5.92 Å². The number of carbonyl (C=O) groups is 2. The van der Waals surface area contributed by atoms with Gasteiger partial charge in [-0.05, 0) is 6.42 Å². The highest BCUT2D eigenvalue weighted by atomic mass is 16.5. The molecule has 0 aliphatic carbocycles. The van der Waals surface area contributed by atoms with Crippen LogP contribution in [0.4, 0.5) is 0 Å². The fourth-order valence-corrected chi connectivity index (χ4v) is 1.13. The van der Waals surface area contributed by atoms with Crippen LogP contribution in [0.1, 0.15) is 39.5 Å². The van der Waals surface area contributed by atoms with Gasteiger partial charge >= 0.3 is 11.9 Å². The third-order valence-electron chi connectivity index (χ3n) is 2.09. The molecule has 88 valence electrons. The summed E-state index contributed by atoms with van der Waals surface area (Å²) in [7, 11) is 1.31. The number of esters is 2. The minimum Gasteiger partial charge on any atom is -0.469 e. The smallest absolute Gasteiger partial charge is 0.308 e. The lowest BCUT2D eigenvalue weighted by Gasteiger charge is -2.08. The molecule has 0 rings (SSSR count). The minimum atomic E-state index is -0.423. The molecule has 0 heterocycles. The van der Waals surface area contributed by atoms with Crippen LogP contribution in [0.15, 0.2) is 0 Å². The molecule has 0 aliphatic heterocycles. The minimum absolute atomic E-state index is 0.0960. The Morgan fingerprint density at radius 2 is 1.93 bits per heavy atom. The number of hydrogen-bond donors (Lipinski definition) is 0. The van der Waals surface area contributed by atoms with Crippen molar-refractivity contribution in [3.63, 3.8) is 0 Å².